The van der Waals surface area contributed by atoms with E-state index in [9.17, 15) is 4.79 Å². The van der Waals surface area contributed by atoms with E-state index in [0.29, 0.717) is 5.92 Å². The van der Waals surface area contributed by atoms with Crippen LogP contribution >= 0.6 is 0 Å². The van der Waals surface area contributed by atoms with Crippen molar-refractivity contribution in [2.75, 3.05) is 5.32 Å². The Morgan fingerprint density at radius 3 is 2.80 bits per heavy atom. The highest BCUT2D eigenvalue weighted by Crippen LogP contribution is 2.29. The first kappa shape index (κ1) is 10.2. The highest BCUT2D eigenvalue weighted by Gasteiger charge is 2.28. The number of hydrogen-bond donors (Lipinski definition) is 1. The number of carbonyl (C=O) groups is 1. The molecule has 0 bridgehead atoms. The fraction of sp³-hybridized carbons (Fsp3) is 0.462. The van der Waals surface area contributed by atoms with Gasteiger partial charge in [-0.1, -0.05) is 26.0 Å². The van der Waals surface area contributed by atoms with Crippen molar-refractivity contribution >= 4 is 11.6 Å². The normalized spacial score (nSPS) is 20.0. The molecule has 1 heterocycles. The van der Waals surface area contributed by atoms with E-state index in [1.165, 1.54) is 11.1 Å². The Bertz CT molecular complexity index is 396. The fourth-order valence-electron chi connectivity index (χ4n) is 2.08. The number of anilines is 1. The Hall–Kier alpha value is -1.31. The first-order valence-electron chi connectivity index (χ1n) is 5.48. The molecule has 1 aliphatic rings. The SMILES string of the molecule is Cc1ccc2c(c1)NC(=O)C(C(C)C)C2. The number of amides is 1. The molecule has 0 saturated heterocycles. The van der Waals surface area contributed by atoms with Crippen molar-refractivity contribution in [1.29, 1.82) is 0 Å². The third kappa shape index (κ3) is 1.89. The van der Waals surface area contributed by atoms with Gasteiger partial charge in [0.15, 0.2) is 0 Å². The lowest BCUT2D eigenvalue weighted by atomic mass is 9.85. The Kier molecular flexibility index (Phi) is 2.51. The summed E-state index contributed by atoms with van der Waals surface area (Å²) >= 11 is 0. The van der Waals surface area contributed by atoms with Crippen LogP contribution in [0.15, 0.2) is 18.2 Å². The highest BCUT2D eigenvalue weighted by molar-refractivity contribution is 5.95. The molecule has 1 aliphatic heterocycles. The molecular weight excluding hydrogens is 186 g/mol. The van der Waals surface area contributed by atoms with E-state index >= 15 is 0 Å². The van der Waals surface area contributed by atoms with E-state index in [2.05, 4.69) is 31.3 Å². The summed E-state index contributed by atoms with van der Waals surface area (Å²) in [6.45, 7) is 6.24. The van der Waals surface area contributed by atoms with Crippen molar-refractivity contribution in [3.8, 4) is 0 Å². The van der Waals surface area contributed by atoms with Gasteiger partial charge in [-0.3, -0.25) is 4.79 Å². The molecule has 2 rings (SSSR count). The van der Waals surface area contributed by atoms with E-state index in [-0.39, 0.29) is 11.8 Å². The number of carbonyl (C=O) groups excluding carboxylic acids is 1. The van der Waals surface area contributed by atoms with Crippen molar-refractivity contribution in [2.45, 2.75) is 27.2 Å². The average molecular weight is 203 g/mol. The molecule has 0 aromatic heterocycles. The molecular formula is C13H17NO. The Morgan fingerprint density at radius 2 is 2.13 bits per heavy atom. The lowest BCUT2D eigenvalue weighted by Crippen LogP contribution is -2.33. The molecule has 1 N–H and O–H groups in total. The second kappa shape index (κ2) is 3.69. The fourth-order valence-corrected chi connectivity index (χ4v) is 2.08. The quantitative estimate of drug-likeness (QED) is 0.747. The number of aryl methyl sites for hydroxylation is 1. The monoisotopic (exact) mass is 203 g/mol. The lowest BCUT2D eigenvalue weighted by Gasteiger charge is -2.27. The van der Waals surface area contributed by atoms with Crippen molar-refractivity contribution in [3.63, 3.8) is 0 Å². The van der Waals surface area contributed by atoms with Crippen molar-refractivity contribution in [2.24, 2.45) is 11.8 Å². The van der Waals surface area contributed by atoms with E-state index in [4.69, 9.17) is 0 Å². The van der Waals surface area contributed by atoms with Gasteiger partial charge >= 0.3 is 0 Å². The van der Waals surface area contributed by atoms with Crippen LogP contribution < -0.4 is 5.32 Å². The smallest absolute Gasteiger partial charge is 0.228 e. The zero-order valence-electron chi connectivity index (χ0n) is 9.50. The number of hydrogen-bond acceptors (Lipinski definition) is 1. The summed E-state index contributed by atoms with van der Waals surface area (Å²) in [6, 6.07) is 6.27. The second-order valence-corrected chi connectivity index (χ2v) is 4.70. The summed E-state index contributed by atoms with van der Waals surface area (Å²) in [4.78, 5) is 11.8. The predicted octanol–water partition coefficient (Wildman–Crippen LogP) is 2.76. The van der Waals surface area contributed by atoms with Crippen LogP contribution in [-0.4, -0.2) is 5.91 Å². The van der Waals surface area contributed by atoms with Crippen LogP contribution in [0.25, 0.3) is 0 Å². The van der Waals surface area contributed by atoms with E-state index < -0.39 is 0 Å². The van der Waals surface area contributed by atoms with E-state index in [1.54, 1.807) is 0 Å². The number of fused-ring (bicyclic) bond motifs is 1. The van der Waals surface area contributed by atoms with Gasteiger partial charge in [-0.2, -0.15) is 0 Å². The number of nitrogens with one attached hydrogen (secondary N) is 1. The zero-order chi connectivity index (χ0) is 11.0. The first-order valence-corrected chi connectivity index (χ1v) is 5.48. The van der Waals surface area contributed by atoms with Gasteiger partial charge in [0.2, 0.25) is 5.91 Å². The Labute approximate surface area is 90.7 Å². The van der Waals surface area contributed by atoms with Crippen LogP contribution in [0.1, 0.15) is 25.0 Å². The van der Waals surface area contributed by atoms with Crippen molar-refractivity contribution in [1.82, 2.24) is 0 Å². The third-order valence-corrected chi connectivity index (χ3v) is 3.10. The van der Waals surface area contributed by atoms with Gasteiger partial charge in [0.05, 0.1) is 0 Å². The minimum atomic E-state index is 0.125. The molecule has 1 amide bonds. The van der Waals surface area contributed by atoms with Gasteiger partial charge in [-0.15, -0.1) is 0 Å². The van der Waals surface area contributed by atoms with Crippen LogP contribution in [0.3, 0.4) is 0 Å². The summed E-state index contributed by atoms with van der Waals surface area (Å²) in [5.74, 6) is 0.697. The minimum absolute atomic E-state index is 0.125. The van der Waals surface area contributed by atoms with Crippen molar-refractivity contribution in [3.05, 3.63) is 29.3 Å². The highest BCUT2D eigenvalue weighted by atomic mass is 16.1. The van der Waals surface area contributed by atoms with Gasteiger partial charge in [-0.05, 0) is 36.5 Å². The van der Waals surface area contributed by atoms with E-state index in [1.807, 2.05) is 13.0 Å². The number of rotatable bonds is 1. The molecule has 0 aliphatic carbocycles. The molecule has 1 aromatic carbocycles. The van der Waals surface area contributed by atoms with Crippen LogP contribution in [0.4, 0.5) is 5.69 Å². The molecule has 2 nitrogen and oxygen atoms in total. The van der Waals surface area contributed by atoms with E-state index in [0.717, 1.165) is 12.1 Å². The summed E-state index contributed by atoms with van der Waals surface area (Å²) in [6.07, 6.45) is 0.874. The molecule has 15 heavy (non-hydrogen) atoms. The molecule has 2 heteroatoms. The van der Waals surface area contributed by atoms with Gasteiger partial charge in [0.25, 0.3) is 0 Å². The minimum Gasteiger partial charge on any atom is -0.326 e. The summed E-state index contributed by atoms with van der Waals surface area (Å²) in [5.41, 5.74) is 3.45. The number of benzene rings is 1. The van der Waals surface area contributed by atoms with Crippen LogP contribution in [-0.2, 0) is 11.2 Å². The molecule has 0 fully saturated rings. The van der Waals surface area contributed by atoms with Crippen molar-refractivity contribution < 1.29 is 4.79 Å². The maximum Gasteiger partial charge on any atom is 0.228 e. The molecule has 0 spiro atoms. The van der Waals surface area contributed by atoms with Crippen LogP contribution in [0, 0.1) is 18.8 Å². The van der Waals surface area contributed by atoms with Crippen LogP contribution in [0.5, 0.6) is 0 Å². The predicted molar refractivity (Wildman–Crippen MR) is 61.8 cm³/mol. The molecule has 1 atom stereocenters. The molecule has 1 unspecified atom stereocenters. The van der Waals surface area contributed by atoms with Gasteiger partial charge in [0, 0.05) is 11.6 Å². The summed E-state index contributed by atoms with van der Waals surface area (Å²) in [5, 5.41) is 2.99. The molecule has 0 radical (unpaired) electrons. The standard InChI is InChI=1S/C13H17NO/c1-8(2)11-7-10-5-4-9(3)6-12(10)14-13(11)15/h4-6,8,11H,7H2,1-3H3,(H,14,15). The summed E-state index contributed by atoms with van der Waals surface area (Å²) < 4.78 is 0. The molecule has 0 saturated carbocycles. The van der Waals surface area contributed by atoms with Gasteiger partial charge in [-0.25, -0.2) is 0 Å². The second-order valence-electron chi connectivity index (χ2n) is 4.70. The largest absolute Gasteiger partial charge is 0.326 e. The van der Waals surface area contributed by atoms with Gasteiger partial charge < -0.3 is 5.32 Å². The average Bonchev–Trinajstić information content (AvgIpc) is 2.15. The summed E-state index contributed by atoms with van der Waals surface area (Å²) in [7, 11) is 0. The Balaban J connectivity index is 2.34. The maximum atomic E-state index is 11.8. The zero-order valence-corrected chi connectivity index (χ0v) is 9.50. The Morgan fingerprint density at radius 1 is 1.40 bits per heavy atom. The van der Waals surface area contributed by atoms with Gasteiger partial charge in [0.1, 0.15) is 0 Å². The molecule has 1 aromatic rings. The van der Waals surface area contributed by atoms with Crippen LogP contribution in [0.2, 0.25) is 0 Å². The third-order valence-electron chi connectivity index (χ3n) is 3.10. The molecule has 80 valence electrons. The topological polar surface area (TPSA) is 29.1 Å². The maximum absolute atomic E-state index is 11.8. The lowest BCUT2D eigenvalue weighted by molar-refractivity contribution is -0.121. The first-order chi connectivity index (χ1) is 7.08.